The van der Waals surface area contributed by atoms with Crippen LogP contribution in [-0.2, 0) is 11.8 Å². The van der Waals surface area contributed by atoms with Gasteiger partial charge in [-0.15, -0.1) is 24.8 Å². The Kier molecular flexibility index (Phi) is 9.06. The summed E-state index contributed by atoms with van der Waals surface area (Å²) in [6, 6.07) is 2.32. The standard InChI is InChI=1S/C17H25N5OS.2ClH/c1-21(2)16(12-4-5-24-11-12)9-19-17(23)15-8-18-7-14(15)13-6-20-22(3)10-13;;/h4-6,10-11,14-16,18H,7-9H2,1-3H3,(H,19,23);2*1H/t14-,15+,16?;;/m1../s1. The minimum absolute atomic E-state index is 0. The first kappa shape index (κ1) is 22.9. The molecule has 9 heteroatoms. The van der Waals surface area contributed by atoms with Gasteiger partial charge in [0, 0.05) is 38.8 Å². The van der Waals surface area contributed by atoms with Gasteiger partial charge in [-0.3, -0.25) is 9.48 Å². The van der Waals surface area contributed by atoms with Gasteiger partial charge in [-0.2, -0.15) is 16.4 Å². The number of aromatic nitrogens is 2. The normalized spacial score (nSPS) is 20.3. The molecule has 1 amide bonds. The zero-order chi connectivity index (χ0) is 17.1. The van der Waals surface area contributed by atoms with Gasteiger partial charge in [0.2, 0.25) is 5.91 Å². The molecule has 26 heavy (non-hydrogen) atoms. The summed E-state index contributed by atoms with van der Waals surface area (Å²) in [5.41, 5.74) is 2.38. The van der Waals surface area contributed by atoms with E-state index in [0.29, 0.717) is 6.54 Å². The summed E-state index contributed by atoms with van der Waals surface area (Å²) in [7, 11) is 6.00. The summed E-state index contributed by atoms with van der Waals surface area (Å²) < 4.78 is 1.79. The third kappa shape index (κ3) is 5.20. The van der Waals surface area contributed by atoms with Crippen LogP contribution in [0.3, 0.4) is 0 Å². The highest BCUT2D eigenvalue weighted by Crippen LogP contribution is 2.28. The van der Waals surface area contributed by atoms with Gasteiger partial charge >= 0.3 is 0 Å². The van der Waals surface area contributed by atoms with Gasteiger partial charge in [0.25, 0.3) is 0 Å². The maximum absolute atomic E-state index is 12.7. The highest BCUT2D eigenvalue weighted by Gasteiger charge is 2.34. The number of amides is 1. The monoisotopic (exact) mass is 419 g/mol. The van der Waals surface area contributed by atoms with Crippen molar-refractivity contribution in [2.75, 3.05) is 33.7 Å². The number of nitrogens with one attached hydrogen (secondary N) is 2. The lowest BCUT2D eigenvalue weighted by Crippen LogP contribution is -2.39. The average Bonchev–Trinajstić information content (AvgIpc) is 3.27. The molecule has 2 aromatic rings. The van der Waals surface area contributed by atoms with Gasteiger partial charge in [-0.1, -0.05) is 0 Å². The van der Waals surface area contributed by atoms with Crippen LogP contribution in [0.1, 0.15) is 23.1 Å². The number of carbonyl (C=O) groups excluding carboxylic acids is 1. The quantitative estimate of drug-likeness (QED) is 0.751. The van der Waals surface area contributed by atoms with E-state index in [1.165, 1.54) is 5.56 Å². The van der Waals surface area contributed by atoms with E-state index in [2.05, 4.69) is 37.5 Å². The molecule has 6 nitrogen and oxygen atoms in total. The predicted molar refractivity (Wildman–Crippen MR) is 111 cm³/mol. The molecule has 0 bridgehead atoms. The van der Waals surface area contributed by atoms with Crippen LogP contribution >= 0.6 is 36.2 Å². The van der Waals surface area contributed by atoms with E-state index >= 15 is 0 Å². The molecule has 3 heterocycles. The average molecular weight is 420 g/mol. The number of hydrogen-bond donors (Lipinski definition) is 2. The Hall–Kier alpha value is -1.12. The van der Waals surface area contributed by atoms with Crippen molar-refractivity contribution in [2.45, 2.75) is 12.0 Å². The fourth-order valence-corrected chi connectivity index (χ4v) is 4.03. The largest absolute Gasteiger partial charge is 0.354 e. The van der Waals surface area contributed by atoms with Crippen molar-refractivity contribution < 1.29 is 4.79 Å². The van der Waals surface area contributed by atoms with Crippen molar-refractivity contribution in [3.05, 3.63) is 40.3 Å². The molecule has 0 saturated carbocycles. The van der Waals surface area contributed by atoms with Gasteiger partial charge in [0.05, 0.1) is 18.2 Å². The molecule has 0 radical (unpaired) electrons. The number of hydrogen-bond acceptors (Lipinski definition) is 5. The molecular formula is C17H27Cl2N5OS. The molecule has 0 aliphatic carbocycles. The fourth-order valence-electron chi connectivity index (χ4n) is 3.33. The minimum atomic E-state index is -0.0421. The van der Waals surface area contributed by atoms with Crippen LogP contribution in [0, 0.1) is 5.92 Å². The van der Waals surface area contributed by atoms with Crippen LogP contribution in [0.15, 0.2) is 29.2 Å². The number of rotatable bonds is 6. The van der Waals surface area contributed by atoms with Gasteiger partial charge in [0.15, 0.2) is 0 Å². The SMILES string of the molecule is CN(C)C(CNC(=O)[C@H]1CNC[C@@H]1c1cnn(C)c1)c1ccsc1.Cl.Cl. The molecule has 1 aliphatic rings. The fraction of sp³-hybridized carbons (Fsp3) is 0.529. The Balaban J connectivity index is 0.00000169. The van der Waals surface area contributed by atoms with Gasteiger partial charge in [-0.25, -0.2) is 0 Å². The Morgan fingerprint density at radius 2 is 2.23 bits per heavy atom. The van der Waals surface area contributed by atoms with Crippen LogP contribution in [0.25, 0.3) is 0 Å². The summed E-state index contributed by atoms with van der Waals surface area (Å²) in [4.78, 5) is 14.9. The van der Waals surface area contributed by atoms with Gasteiger partial charge < -0.3 is 15.5 Å². The van der Waals surface area contributed by atoms with E-state index in [1.54, 1.807) is 16.0 Å². The molecule has 2 N–H and O–H groups in total. The van der Waals surface area contributed by atoms with Crippen molar-refractivity contribution in [2.24, 2.45) is 13.0 Å². The highest BCUT2D eigenvalue weighted by atomic mass is 35.5. The number of likely N-dealkylation sites (N-methyl/N-ethyl adjacent to an activating group) is 1. The molecule has 1 fully saturated rings. The lowest BCUT2D eigenvalue weighted by Gasteiger charge is -2.25. The lowest BCUT2D eigenvalue weighted by atomic mass is 9.90. The van der Waals surface area contributed by atoms with Crippen molar-refractivity contribution in [3.63, 3.8) is 0 Å². The number of halogens is 2. The van der Waals surface area contributed by atoms with Crippen LogP contribution in [-0.4, -0.2) is 54.3 Å². The number of thiophene rings is 1. The van der Waals surface area contributed by atoms with Crippen LogP contribution < -0.4 is 10.6 Å². The zero-order valence-electron chi connectivity index (χ0n) is 15.2. The molecule has 3 rings (SSSR count). The van der Waals surface area contributed by atoms with Crippen molar-refractivity contribution in [1.82, 2.24) is 25.3 Å². The van der Waals surface area contributed by atoms with E-state index < -0.39 is 0 Å². The lowest BCUT2D eigenvalue weighted by molar-refractivity contribution is -0.125. The van der Waals surface area contributed by atoms with Gasteiger partial charge in [0.1, 0.15) is 0 Å². The molecule has 0 spiro atoms. The van der Waals surface area contributed by atoms with Crippen molar-refractivity contribution in [3.8, 4) is 0 Å². The Labute approximate surface area is 171 Å². The van der Waals surface area contributed by atoms with E-state index in [4.69, 9.17) is 0 Å². The first-order valence-corrected chi connectivity index (χ1v) is 9.16. The maximum Gasteiger partial charge on any atom is 0.225 e. The first-order chi connectivity index (χ1) is 11.6. The van der Waals surface area contributed by atoms with Crippen molar-refractivity contribution >= 4 is 42.1 Å². The summed E-state index contributed by atoms with van der Waals surface area (Å²) in [5, 5.41) is 15.0. The molecular weight excluding hydrogens is 393 g/mol. The molecule has 1 unspecified atom stereocenters. The molecule has 0 aromatic carbocycles. The summed E-state index contributed by atoms with van der Waals surface area (Å²) in [6.07, 6.45) is 3.87. The highest BCUT2D eigenvalue weighted by molar-refractivity contribution is 7.07. The minimum Gasteiger partial charge on any atom is -0.354 e. The Morgan fingerprint density at radius 1 is 1.46 bits per heavy atom. The zero-order valence-corrected chi connectivity index (χ0v) is 17.7. The van der Waals surface area contributed by atoms with Crippen LogP contribution in [0.5, 0.6) is 0 Å². The summed E-state index contributed by atoms with van der Waals surface area (Å²) >= 11 is 1.69. The van der Waals surface area contributed by atoms with Gasteiger partial charge in [-0.05, 0) is 42.0 Å². The van der Waals surface area contributed by atoms with E-state index in [9.17, 15) is 4.79 Å². The first-order valence-electron chi connectivity index (χ1n) is 8.21. The number of nitrogens with zero attached hydrogens (tertiary/aromatic N) is 3. The molecule has 1 aliphatic heterocycles. The smallest absolute Gasteiger partial charge is 0.225 e. The molecule has 146 valence electrons. The Morgan fingerprint density at radius 3 is 2.81 bits per heavy atom. The van der Waals surface area contributed by atoms with E-state index in [0.717, 1.165) is 18.7 Å². The topological polar surface area (TPSA) is 62.2 Å². The number of aryl methyl sites for hydroxylation is 1. The second-order valence-corrected chi connectivity index (χ2v) is 7.38. The van der Waals surface area contributed by atoms with Crippen LogP contribution in [0.2, 0.25) is 0 Å². The predicted octanol–water partition coefficient (Wildman–Crippen LogP) is 2.05. The van der Waals surface area contributed by atoms with E-state index in [1.807, 2.05) is 33.5 Å². The van der Waals surface area contributed by atoms with Crippen LogP contribution in [0.4, 0.5) is 0 Å². The Bertz CT molecular complexity index is 677. The molecule has 3 atom stereocenters. The third-order valence-electron chi connectivity index (χ3n) is 4.72. The second-order valence-electron chi connectivity index (χ2n) is 6.60. The molecule has 1 saturated heterocycles. The summed E-state index contributed by atoms with van der Waals surface area (Å²) in [5.74, 6) is 0.271. The number of carbonyl (C=O) groups is 1. The molecule has 2 aromatic heterocycles. The van der Waals surface area contributed by atoms with Crippen molar-refractivity contribution in [1.29, 1.82) is 0 Å². The maximum atomic E-state index is 12.7. The second kappa shape index (κ2) is 10.3. The third-order valence-corrected chi connectivity index (χ3v) is 5.43. The van der Waals surface area contributed by atoms with E-state index in [-0.39, 0.29) is 48.6 Å². The summed E-state index contributed by atoms with van der Waals surface area (Å²) in [6.45, 7) is 2.17.